The normalized spacial score (nSPS) is 24.7. The van der Waals surface area contributed by atoms with Crippen LogP contribution in [-0.2, 0) is 38.2 Å². The van der Waals surface area contributed by atoms with Crippen LogP contribution in [0.1, 0.15) is 76.5 Å². The molecule has 2 amide bonds. The smallest absolute Gasteiger partial charge is 0.416 e. The topological polar surface area (TPSA) is 84.9 Å². The third kappa shape index (κ3) is 6.21. The Bertz CT molecular complexity index is 1060. The van der Waals surface area contributed by atoms with Gasteiger partial charge in [0, 0.05) is 26.1 Å². The first-order valence-electron chi connectivity index (χ1n) is 12.8. The fourth-order valence-corrected chi connectivity index (χ4v) is 5.71. The number of esters is 1. The number of fused-ring (bicyclic) bond motifs is 1. The third-order valence-electron chi connectivity index (χ3n) is 7.42. The van der Waals surface area contributed by atoms with Crippen molar-refractivity contribution in [3.8, 4) is 0 Å². The number of halogens is 3. The van der Waals surface area contributed by atoms with E-state index in [4.69, 9.17) is 9.47 Å². The van der Waals surface area contributed by atoms with Gasteiger partial charge >= 0.3 is 18.2 Å². The van der Waals surface area contributed by atoms with Crippen LogP contribution < -0.4 is 5.32 Å². The van der Waals surface area contributed by atoms with Crippen molar-refractivity contribution in [2.45, 2.75) is 96.7 Å². The summed E-state index contributed by atoms with van der Waals surface area (Å²) >= 11 is 0. The molecule has 0 bridgehead atoms. The van der Waals surface area contributed by atoms with Crippen LogP contribution >= 0.6 is 0 Å². The van der Waals surface area contributed by atoms with Crippen molar-refractivity contribution in [1.82, 2.24) is 10.2 Å². The second kappa shape index (κ2) is 9.83. The fourth-order valence-electron chi connectivity index (χ4n) is 5.71. The summed E-state index contributed by atoms with van der Waals surface area (Å²) < 4.78 is 51.1. The van der Waals surface area contributed by atoms with Crippen molar-refractivity contribution >= 4 is 18.0 Å². The molecule has 0 saturated heterocycles. The number of hydrogen-bond donors (Lipinski definition) is 1. The molecule has 2 fully saturated rings. The minimum absolute atomic E-state index is 0.0436. The van der Waals surface area contributed by atoms with Gasteiger partial charge in [-0.05, 0) is 88.5 Å². The predicted octanol–water partition coefficient (Wildman–Crippen LogP) is 5.00. The van der Waals surface area contributed by atoms with Crippen molar-refractivity contribution in [3.05, 3.63) is 34.9 Å². The van der Waals surface area contributed by atoms with Crippen LogP contribution in [-0.4, -0.2) is 47.2 Å². The Morgan fingerprint density at radius 3 is 2.41 bits per heavy atom. The molecule has 10 heteroatoms. The molecule has 3 atom stereocenters. The summed E-state index contributed by atoms with van der Waals surface area (Å²) in [6, 6.07) is 3.32. The number of carbonyl (C=O) groups is 3. The molecule has 1 heterocycles. The van der Waals surface area contributed by atoms with Gasteiger partial charge in [0.05, 0.1) is 11.0 Å². The molecule has 1 aliphatic heterocycles. The Morgan fingerprint density at radius 2 is 1.81 bits per heavy atom. The summed E-state index contributed by atoms with van der Waals surface area (Å²) in [7, 11) is 0. The lowest BCUT2D eigenvalue weighted by molar-refractivity contribution is -0.166. The monoisotopic (exact) mass is 524 g/mol. The van der Waals surface area contributed by atoms with E-state index >= 15 is 0 Å². The number of nitrogens with one attached hydrogen (secondary N) is 1. The molecule has 7 nitrogen and oxygen atoms in total. The molecule has 0 spiro atoms. The van der Waals surface area contributed by atoms with Gasteiger partial charge in [0.1, 0.15) is 11.7 Å². The van der Waals surface area contributed by atoms with Crippen LogP contribution in [0.5, 0.6) is 0 Å². The average molecular weight is 525 g/mol. The van der Waals surface area contributed by atoms with Crippen LogP contribution in [0, 0.1) is 11.3 Å². The maximum absolute atomic E-state index is 14.2. The second-order valence-electron chi connectivity index (χ2n) is 11.6. The summed E-state index contributed by atoms with van der Waals surface area (Å²) in [4.78, 5) is 40.3. The molecule has 1 aromatic carbocycles. The number of hydrogen-bond acceptors (Lipinski definition) is 5. The molecule has 37 heavy (non-hydrogen) atoms. The number of ether oxygens (including phenoxy) is 2. The van der Waals surface area contributed by atoms with Gasteiger partial charge in [0.2, 0.25) is 5.91 Å². The van der Waals surface area contributed by atoms with E-state index in [0.29, 0.717) is 31.4 Å². The highest BCUT2D eigenvalue weighted by Crippen LogP contribution is 2.52. The summed E-state index contributed by atoms with van der Waals surface area (Å²) in [5.41, 5.74) is -1.22. The van der Waals surface area contributed by atoms with Gasteiger partial charge in [-0.1, -0.05) is 6.07 Å². The van der Waals surface area contributed by atoms with E-state index in [1.807, 2.05) is 0 Å². The van der Waals surface area contributed by atoms with Crippen LogP contribution in [0.15, 0.2) is 18.2 Å². The fraction of sp³-hybridized carbons (Fsp3) is 0.667. The molecular weight excluding hydrogens is 489 g/mol. The van der Waals surface area contributed by atoms with Crippen molar-refractivity contribution in [2.24, 2.45) is 11.3 Å². The number of alkyl halides is 3. The maximum atomic E-state index is 14.2. The Labute approximate surface area is 215 Å². The summed E-state index contributed by atoms with van der Waals surface area (Å²) in [6.45, 7) is 7.02. The number of alkyl carbamates (subject to hydrolysis) is 1. The molecule has 4 rings (SSSR count). The highest BCUT2D eigenvalue weighted by molar-refractivity contribution is 5.85. The van der Waals surface area contributed by atoms with Crippen LogP contribution in [0.3, 0.4) is 0 Å². The summed E-state index contributed by atoms with van der Waals surface area (Å²) in [6.07, 6.45) is -2.44. The quantitative estimate of drug-likeness (QED) is 0.549. The predicted molar refractivity (Wildman–Crippen MR) is 128 cm³/mol. The average Bonchev–Trinajstić information content (AvgIpc) is 3.54. The van der Waals surface area contributed by atoms with Crippen molar-refractivity contribution < 1.29 is 37.0 Å². The second-order valence-corrected chi connectivity index (χ2v) is 11.6. The zero-order chi connectivity index (χ0) is 27.2. The lowest BCUT2D eigenvalue weighted by Gasteiger charge is -2.41. The van der Waals surface area contributed by atoms with E-state index in [1.165, 1.54) is 13.0 Å². The number of nitrogens with zero attached hydrogens (tertiary/aromatic N) is 1. The first-order chi connectivity index (χ1) is 17.2. The first-order valence-corrected chi connectivity index (χ1v) is 12.8. The van der Waals surface area contributed by atoms with Crippen molar-refractivity contribution in [1.29, 1.82) is 0 Å². The summed E-state index contributed by atoms with van der Waals surface area (Å²) in [5.74, 6) is -0.671. The zero-order valence-electron chi connectivity index (χ0n) is 21.7. The molecule has 1 aromatic rings. The van der Waals surface area contributed by atoms with Gasteiger partial charge < -0.3 is 19.7 Å². The van der Waals surface area contributed by atoms with E-state index < -0.39 is 40.9 Å². The standard InChI is InChI=1S/C27H35F3N2O5/c1-16(33)36-22(18-5-6-18)26(11-9-21(14-26)31-24(35)37-25(2,3)4)23(34)32-12-10-17-7-8-20(27(28,29)30)13-19(17)15-32/h7-8,13,18,21-22H,5-6,9-12,14-15H2,1-4H3,(H,31,35)/t21-,22?,26+/m1/s1. The number of carbonyl (C=O) groups excluding carboxylic acids is 3. The molecular formula is C27H35F3N2O5. The lowest BCUT2D eigenvalue weighted by Crippen LogP contribution is -2.53. The largest absolute Gasteiger partial charge is 0.461 e. The molecule has 2 aliphatic carbocycles. The number of amides is 2. The maximum Gasteiger partial charge on any atom is 0.416 e. The summed E-state index contributed by atoms with van der Waals surface area (Å²) in [5, 5.41) is 2.86. The minimum atomic E-state index is -4.47. The molecule has 0 radical (unpaired) electrons. The molecule has 1 N–H and O–H groups in total. The van der Waals surface area contributed by atoms with Gasteiger partial charge in [-0.15, -0.1) is 0 Å². The van der Waals surface area contributed by atoms with E-state index in [0.717, 1.165) is 30.5 Å². The Hall–Kier alpha value is -2.78. The minimum Gasteiger partial charge on any atom is -0.461 e. The van der Waals surface area contributed by atoms with Crippen LogP contribution in [0.2, 0.25) is 0 Å². The van der Waals surface area contributed by atoms with Gasteiger partial charge in [-0.25, -0.2) is 4.79 Å². The molecule has 204 valence electrons. The Balaban J connectivity index is 1.60. The molecule has 3 aliphatic rings. The van der Waals surface area contributed by atoms with Gasteiger partial charge in [0.25, 0.3) is 0 Å². The molecule has 1 unspecified atom stereocenters. The van der Waals surface area contributed by atoms with E-state index in [9.17, 15) is 27.6 Å². The van der Waals surface area contributed by atoms with E-state index in [2.05, 4.69) is 5.32 Å². The van der Waals surface area contributed by atoms with Crippen molar-refractivity contribution in [2.75, 3.05) is 6.54 Å². The number of rotatable bonds is 5. The van der Waals surface area contributed by atoms with Crippen molar-refractivity contribution in [3.63, 3.8) is 0 Å². The van der Waals surface area contributed by atoms with E-state index in [-0.39, 0.29) is 30.8 Å². The van der Waals surface area contributed by atoms with Crippen LogP contribution in [0.25, 0.3) is 0 Å². The van der Waals surface area contributed by atoms with E-state index in [1.54, 1.807) is 25.7 Å². The van der Waals surface area contributed by atoms with Crippen LogP contribution in [0.4, 0.5) is 18.0 Å². The lowest BCUT2D eigenvalue weighted by atomic mass is 9.75. The number of benzene rings is 1. The highest BCUT2D eigenvalue weighted by atomic mass is 19.4. The Morgan fingerprint density at radius 1 is 1.11 bits per heavy atom. The third-order valence-corrected chi connectivity index (χ3v) is 7.42. The Kier molecular flexibility index (Phi) is 7.25. The SMILES string of the molecule is CC(=O)OC(C1CC1)[C@]1(C(=O)N2CCc3ccc(C(F)(F)F)cc3C2)CC[C@@H](NC(=O)OC(C)(C)C)C1. The van der Waals surface area contributed by atoms with Gasteiger partial charge in [-0.2, -0.15) is 13.2 Å². The molecule has 2 saturated carbocycles. The van der Waals surface area contributed by atoms with Gasteiger partial charge in [0.15, 0.2) is 0 Å². The zero-order valence-corrected chi connectivity index (χ0v) is 21.7. The molecule has 0 aromatic heterocycles. The first kappa shape index (κ1) is 27.3. The highest BCUT2D eigenvalue weighted by Gasteiger charge is 2.58. The van der Waals surface area contributed by atoms with Gasteiger partial charge in [-0.3, -0.25) is 9.59 Å².